The summed E-state index contributed by atoms with van der Waals surface area (Å²) in [7, 11) is -4.09. The van der Waals surface area contributed by atoms with Crippen LogP contribution in [0, 0.1) is 5.92 Å². The van der Waals surface area contributed by atoms with E-state index in [4.69, 9.17) is 4.74 Å². The van der Waals surface area contributed by atoms with Crippen LogP contribution in [0.15, 0.2) is 53.4 Å². The molecule has 0 aromatic heterocycles. The van der Waals surface area contributed by atoms with Crippen LogP contribution in [0.25, 0.3) is 11.1 Å². The zero-order valence-electron chi connectivity index (χ0n) is 22.4. The van der Waals surface area contributed by atoms with E-state index in [0.717, 1.165) is 49.5 Å². The molecule has 2 aromatic carbocycles. The maximum absolute atomic E-state index is 13.9. The predicted octanol–water partition coefficient (Wildman–Crippen LogP) is 3.40. The molecule has 2 atom stereocenters. The van der Waals surface area contributed by atoms with Crippen LogP contribution in [-0.2, 0) is 14.8 Å². The van der Waals surface area contributed by atoms with Crippen LogP contribution in [0.2, 0.25) is 0 Å². The van der Waals surface area contributed by atoms with Crippen molar-refractivity contribution >= 4 is 15.9 Å². The first-order valence-electron chi connectivity index (χ1n) is 14.4. The molecule has 8 nitrogen and oxygen atoms in total. The monoisotopic (exact) mass is 553 g/mol. The summed E-state index contributed by atoms with van der Waals surface area (Å²) in [6, 6.07) is 14.0. The van der Waals surface area contributed by atoms with Gasteiger partial charge >= 0.3 is 0 Å². The van der Waals surface area contributed by atoms with Gasteiger partial charge in [0, 0.05) is 44.6 Å². The van der Waals surface area contributed by atoms with Crippen molar-refractivity contribution in [2.75, 3.05) is 32.8 Å². The summed E-state index contributed by atoms with van der Waals surface area (Å²) in [4.78, 5) is 16.2. The van der Waals surface area contributed by atoms with Crippen LogP contribution < -0.4 is 10.1 Å². The van der Waals surface area contributed by atoms with Crippen molar-refractivity contribution in [3.63, 3.8) is 0 Å². The fourth-order valence-corrected chi connectivity index (χ4v) is 8.67. The minimum Gasteiger partial charge on any atom is -0.492 e. The second kappa shape index (κ2) is 10.8. The summed E-state index contributed by atoms with van der Waals surface area (Å²) >= 11 is 0. The third-order valence-electron chi connectivity index (χ3n) is 9.20. The number of rotatable bonds is 3. The lowest BCUT2D eigenvalue weighted by atomic mass is 9.83. The number of hydrogen-bond donors (Lipinski definition) is 2. The van der Waals surface area contributed by atoms with Gasteiger partial charge in [0.15, 0.2) is 0 Å². The molecule has 2 aromatic rings. The first kappa shape index (κ1) is 26.7. The molecule has 1 amide bonds. The molecule has 2 N–H and O–H groups in total. The summed E-state index contributed by atoms with van der Waals surface area (Å²) in [6.07, 6.45) is 6.67. The minimum atomic E-state index is -4.09. The molecule has 1 saturated carbocycles. The highest BCUT2D eigenvalue weighted by Gasteiger charge is 2.47. The maximum Gasteiger partial charge on any atom is 0.247 e. The van der Waals surface area contributed by atoms with Gasteiger partial charge in [-0.15, -0.1) is 0 Å². The second-order valence-corrected chi connectivity index (χ2v) is 13.7. The summed E-state index contributed by atoms with van der Waals surface area (Å²) in [6.45, 7) is 3.12. The summed E-state index contributed by atoms with van der Waals surface area (Å²) in [5.41, 5.74) is 1.36. The predicted molar refractivity (Wildman–Crippen MR) is 149 cm³/mol. The van der Waals surface area contributed by atoms with Crippen molar-refractivity contribution in [2.24, 2.45) is 5.92 Å². The maximum atomic E-state index is 13.9. The second-order valence-electron chi connectivity index (χ2n) is 11.8. The SMILES string of the molecule is O=C1NC2(CCOc3cc(-c4ccccc4)ccc3S(=O)(=O)N3C[C@H](O)C[C@@H]13)CCN(CC1CCCC1)CC2. The summed E-state index contributed by atoms with van der Waals surface area (Å²) in [5, 5.41) is 13.8. The van der Waals surface area contributed by atoms with Gasteiger partial charge in [-0.1, -0.05) is 49.2 Å². The topological polar surface area (TPSA) is 99.2 Å². The summed E-state index contributed by atoms with van der Waals surface area (Å²) < 4.78 is 35.2. The molecule has 9 heteroatoms. The average molecular weight is 554 g/mol. The molecule has 3 heterocycles. The van der Waals surface area contributed by atoms with Gasteiger partial charge in [0.25, 0.3) is 0 Å². The van der Waals surface area contributed by atoms with Gasteiger partial charge in [-0.3, -0.25) is 4.79 Å². The van der Waals surface area contributed by atoms with Crippen LogP contribution in [-0.4, -0.2) is 79.1 Å². The van der Waals surface area contributed by atoms with Crippen molar-refractivity contribution in [3.8, 4) is 16.9 Å². The van der Waals surface area contributed by atoms with Gasteiger partial charge in [-0.25, -0.2) is 8.42 Å². The number of amides is 1. The number of hydrogen-bond acceptors (Lipinski definition) is 6. The Kier molecular flexibility index (Phi) is 7.43. The Morgan fingerprint density at radius 3 is 2.49 bits per heavy atom. The highest BCUT2D eigenvalue weighted by molar-refractivity contribution is 7.89. The molecule has 1 aliphatic carbocycles. The number of ether oxygens (including phenoxy) is 1. The number of aliphatic hydroxyl groups excluding tert-OH is 1. The van der Waals surface area contributed by atoms with Crippen LogP contribution in [0.3, 0.4) is 0 Å². The Balaban J connectivity index is 1.30. The molecule has 0 unspecified atom stereocenters. The fraction of sp³-hybridized carbons (Fsp3) is 0.567. The van der Waals surface area contributed by atoms with Crippen molar-refractivity contribution in [1.29, 1.82) is 0 Å². The molecule has 210 valence electrons. The number of nitrogens with zero attached hydrogens (tertiary/aromatic N) is 2. The first-order chi connectivity index (χ1) is 18.8. The Bertz CT molecular complexity index is 1290. The lowest BCUT2D eigenvalue weighted by Crippen LogP contribution is -2.59. The normalized spacial score (nSPS) is 27.8. The van der Waals surface area contributed by atoms with E-state index in [1.54, 1.807) is 18.2 Å². The van der Waals surface area contributed by atoms with Crippen LogP contribution in [0.1, 0.15) is 51.4 Å². The zero-order chi connectivity index (χ0) is 27.0. The van der Waals surface area contributed by atoms with Gasteiger partial charge in [-0.2, -0.15) is 4.31 Å². The molecule has 3 aliphatic heterocycles. The standard InChI is InChI=1S/C30H39N3O5S/c34-25-19-26-29(35)31-30(12-15-32(16-13-30)20-22-6-4-5-7-22)14-17-38-27-18-24(23-8-2-1-3-9-23)10-11-28(27)39(36,37)33(26)21-25/h1-3,8-11,18,22,25-26,34H,4-7,12-17,19-21H2,(H,31,35)/t25-,26+/m1/s1. The third-order valence-corrected chi connectivity index (χ3v) is 11.1. The van der Waals surface area contributed by atoms with Gasteiger partial charge in [-0.05, 0) is 54.9 Å². The molecule has 39 heavy (non-hydrogen) atoms. The number of carbonyl (C=O) groups excluding carboxylic acids is 1. The quantitative estimate of drug-likeness (QED) is 0.605. The largest absolute Gasteiger partial charge is 0.492 e. The molecular weight excluding hydrogens is 514 g/mol. The van der Waals surface area contributed by atoms with E-state index >= 15 is 0 Å². The Morgan fingerprint density at radius 1 is 1.00 bits per heavy atom. The molecule has 4 aliphatic rings. The van der Waals surface area contributed by atoms with E-state index < -0.39 is 27.7 Å². The highest BCUT2D eigenvalue weighted by atomic mass is 32.2. The Labute approximate surface area is 231 Å². The van der Waals surface area contributed by atoms with Crippen LogP contribution in [0.4, 0.5) is 0 Å². The molecule has 6 rings (SSSR count). The van der Waals surface area contributed by atoms with Gasteiger partial charge in [0.2, 0.25) is 15.9 Å². The van der Waals surface area contributed by atoms with Gasteiger partial charge in [0.05, 0.1) is 12.7 Å². The molecule has 3 fully saturated rings. The van der Waals surface area contributed by atoms with Crippen molar-refractivity contribution in [2.45, 2.75) is 73.9 Å². The Hall–Kier alpha value is -2.46. The number of likely N-dealkylation sites (tertiary alicyclic amines) is 1. The van der Waals surface area contributed by atoms with E-state index in [1.807, 2.05) is 30.3 Å². The molecule has 0 radical (unpaired) electrons. The number of sulfonamides is 1. The van der Waals surface area contributed by atoms with Gasteiger partial charge in [0.1, 0.15) is 16.7 Å². The lowest BCUT2D eigenvalue weighted by molar-refractivity contribution is -0.127. The van der Waals surface area contributed by atoms with Gasteiger partial charge < -0.3 is 20.1 Å². The summed E-state index contributed by atoms with van der Waals surface area (Å²) in [5.74, 6) is 0.752. The molecular formula is C30H39N3O5S. The number of nitrogens with one attached hydrogen (secondary N) is 1. The number of benzene rings is 2. The molecule has 0 bridgehead atoms. The van der Waals surface area contributed by atoms with Crippen molar-refractivity contribution in [3.05, 3.63) is 48.5 Å². The van der Waals surface area contributed by atoms with E-state index in [0.29, 0.717) is 18.8 Å². The van der Waals surface area contributed by atoms with E-state index in [2.05, 4.69) is 10.2 Å². The molecule has 2 saturated heterocycles. The zero-order valence-corrected chi connectivity index (χ0v) is 23.2. The van der Waals surface area contributed by atoms with Crippen molar-refractivity contribution < 1.29 is 23.1 Å². The van der Waals surface area contributed by atoms with E-state index in [-0.39, 0.29) is 23.8 Å². The fourth-order valence-electron chi connectivity index (χ4n) is 6.92. The number of piperidine rings is 1. The third kappa shape index (κ3) is 5.46. The number of carbonyl (C=O) groups is 1. The minimum absolute atomic E-state index is 0.0383. The van der Waals surface area contributed by atoms with Crippen molar-refractivity contribution in [1.82, 2.24) is 14.5 Å². The highest BCUT2D eigenvalue weighted by Crippen LogP contribution is 2.37. The first-order valence-corrected chi connectivity index (χ1v) is 15.8. The Morgan fingerprint density at radius 2 is 1.74 bits per heavy atom. The van der Waals surface area contributed by atoms with E-state index in [1.165, 1.54) is 30.0 Å². The van der Waals surface area contributed by atoms with E-state index in [9.17, 15) is 18.3 Å². The average Bonchev–Trinajstić information content (AvgIpc) is 3.60. The molecule has 1 spiro atoms. The number of aliphatic hydroxyl groups is 1. The smallest absolute Gasteiger partial charge is 0.247 e. The van der Waals surface area contributed by atoms with Crippen LogP contribution >= 0.6 is 0 Å². The lowest BCUT2D eigenvalue weighted by Gasteiger charge is -2.43. The number of fused-ring (bicyclic) bond motifs is 2. The van der Waals surface area contributed by atoms with Crippen LogP contribution in [0.5, 0.6) is 5.75 Å².